The van der Waals surface area contributed by atoms with Gasteiger partial charge in [0.25, 0.3) is 5.91 Å². The molecule has 0 aromatic heterocycles. The van der Waals surface area contributed by atoms with E-state index in [1.807, 2.05) is 11.8 Å². The molecule has 0 aliphatic carbocycles. The highest BCUT2D eigenvalue weighted by molar-refractivity contribution is 7.99. The molecule has 2 heterocycles. The highest BCUT2D eigenvalue weighted by atomic mass is 32.2. The van der Waals surface area contributed by atoms with E-state index in [-0.39, 0.29) is 11.9 Å². The number of rotatable bonds is 5. The van der Waals surface area contributed by atoms with E-state index in [2.05, 4.69) is 17.6 Å². The summed E-state index contributed by atoms with van der Waals surface area (Å²) >= 11 is 1.84. The third kappa shape index (κ3) is 2.64. The molecule has 0 aromatic rings. The molecule has 2 fully saturated rings. The fourth-order valence-electron chi connectivity index (χ4n) is 2.54. The fourth-order valence-corrected chi connectivity index (χ4v) is 3.16. The molecule has 6 heteroatoms. The smallest absolute Gasteiger partial charge is 0.322 e. The number of amides is 3. The third-order valence-corrected chi connectivity index (χ3v) is 4.49. The lowest BCUT2D eigenvalue weighted by Crippen LogP contribution is -2.57. The molecule has 2 N–H and O–H groups in total. The van der Waals surface area contributed by atoms with Crippen molar-refractivity contribution in [1.29, 1.82) is 0 Å². The molecule has 2 aliphatic heterocycles. The van der Waals surface area contributed by atoms with Crippen LogP contribution in [0.4, 0.5) is 4.79 Å². The van der Waals surface area contributed by atoms with E-state index in [9.17, 15) is 9.59 Å². The van der Waals surface area contributed by atoms with Gasteiger partial charge in [0.15, 0.2) is 0 Å². The lowest BCUT2D eigenvalue weighted by molar-refractivity contribution is -0.131. The predicted molar refractivity (Wildman–Crippen MR) is 72.7 cm³/mol. The van der Waals surface area contributed by atoms with Gasteiger partial charge in [-0.2, -0.15) is 11.8 Å². The number of hydrogen-bond donors (Lipinski definition) is 2. The van der Waals surface area contributed by atoms with Crippen LogP contribution in [0.1, 0.15) is 26.2 Å². The lowest BCUT2D eigenvalue weighted by Gasteiger charge is -2.31. The van der Waals surface area contributed by atoms with Gasteiger partial charge in [-0.1, -0.05) is 6.92 Å². The summed E-state index contributed by atoms with van der Waals surface area (Å²) in [5, 5.41) is 6.08. The van der Waals surface area contributed by atoms with E-state index in [1.54, 1.807) is 0 Å². The summed E-state index contributed by atoms with van der Waals surface area (Å²) < 4.78 is 0. The van der Waals surface area contributed by atoms with Crippen molar-refractivity contribution in [3.63, 3.8) is 0 Å². The van der Waals surface area contributed by atoms with Gasteiger partial charge in [0.2, 0.25) is 0 Å². The Morgan fingerprint density at radius 1 is 1.44 bits per heavy atom. The summed E-state index contributed by atoms with van der Waals surface area (Å²) in [5.74, 6) is 2.04. The number of imide groups is 1. The summed E-state index contributed by atoms with van der Waals surface area (Å²) in [6, 6.07) is -0.217. The Labute approximate surface area is 112 Å². The summed E-state index contributed by atoms with van der Waals surface area (Å²) in [6.45, 7) is 4.15. The van der Waals surface area contributed by atoms with Crippen molar-refractivity contribution in [2.45, 2.75) is 31.7 Å². The number of hydrogen-bond acceptors (Lipinski definition) is 4. The van der Waals surface area contributed by atoms with Crippen LogP contribution in [-0.4, -0.2) is 53.5 Å². The normalized spacial score (nSPS) is 27.9. The van der Waals surface area contributed by atoms with Gasteiger partial charge < -0.3 is 10.6 Å². The fraction of sp³-hybridized carbons (Fsp3) is 0.833. The zero-order valence-corrected chi connectivity index (χ0v) is 11.6. The zero-order valence-electron chi connectivity index (χ0n) is 10.8. The molecule has 2 aliphatic rings. The van der Waals surface area contributed by atoms with Gasteiger partial charge in [-0.3, -0.25) is 9.69 Å². The molecule has 1 spiro atoms. The van der Waals surface area contributed by atoms with Crippen molar-refractivity contribution in [3.8, 4) is 0 Å². The Morgan fingerprint density at radius 3 is 2.94 bits per heavy atom. The molecule has 0 radical (unpaired) electrons. The monoisotopic (exact) mass is 271 g/mol. The van der Waals surface area contributed by atoms with Crippen molar-refractivity contribution >= 4 is 23.7 Å². The zero-order chi connectivity index (χ0) is 13.0. The van der Waals surface area contributed by atoms with Crippen LogP contribution in [-0.2, 0) is 4.79 Å². The second kappa shape index (κ2) is 5.93. The van der Waals surface area contributed by atoms with Gasteiger partial charge >= 0.3 is 6.03 Å². The van der Waals surface area contributed by atoms with Gasteiger partial charge in [-0.05, 0) is 37.3 Å². The maximum absolute atomic E-state index is 12.4. The van der Waals surface area contributed by atoms with Crippen LogP contribution in [0.15, 0.2) is 0 Å². The minimum atomic E-state index is -0.659. The first-order chi connectivity index (χ1) is 8.69. The van der Waals surface area contributed by atoms with Crippen LogP contribution in [0.3, 0.4) is 0 Å². The van der Waals surface area contributed by atoms with Crippen LogP contribution in [0.2, 0.25) is 0 Å². The van der Waals surface area contributed by atoms with Gasteiger partial charge in [0.1, 0.15) is 5.54 Å². The number of carbonyl (C=O) groups excluding carboxylic acids is 2. The third-order valence-electron chi connectivity index (χ3n) is 3.50. The Hall–Kier alpha value is -0.750. The Kier molecular flexibility index (Phi) is 4.50. The minimum absolute atomic E-state index is 0.0406. The van der Waals surface area contributed by atoms with Gasteiger partial charge in [-0.15, -0.1) is 0 Å². The first-order valence-electron chi connectivity index (χ1n) is 6.62. The number of urea groups is 1. The van der Waals surface area contributed by atoms with Gasteiger partial charge in [0.05, 0.1) is 0 Å². The molecule has 1 unspecified atom stereocenters. The van der Waals surface area contributed by atoms with Gasteiger partial charge in [0, 0.05) is 13.1 Å². The van der Waals surface area contributed by atoms with Crippen LogP contribution in [0, 0.1) is 0 Å². The van der Waals surface area contributed by atoms with E-state index in [1.165, 1.54) is 4.90 Å². The first kappa shape index (κ1) is 13.7. The first-order valence-corrected chi connectivity index (χ1v) is 7.78. The summed E-state index contributed by atoms with van der Waals surface area (Å²) in [7, 11) is 0. The molecule has 1 atom stereocenters. The highest BCUT2D eigenvalue weighted by Crippen LogP contribution is 2.25. The van der Waals surface area contributed by atoms with E-state index in [4.69, 9.17) is 0 Å². The summed E-state index contributed by atoms with van der Waals surface area (Å²) in [4.78, 5) is 25.6. The standard InChI is InChI=1S/C12H21N3O2S/c1-2-18-8-4-7-15-10(16)12(14-11(15)17)5-3-6-13-9-12/h13H,2-9H2,1H3,(H,14,17). The summed E-state index contributed by atoms with van der Waals surface area (Å²) in [5.41, 5.74) is -0.659. The van der Waals surface area contributed by atoms with E-state index in [0.29, 0.717) is 13.1 Å². The molecular formula is C12H21N3O2S. The van der Waals surface area contributed by atoms with Crippen molar-refractivity contribution in [2.24, 2.45) is 0 Å². The maximum Gasteiger partial charge on any atom is 0.325 e. The van der Waals surface area contributed by atoms with Crippen molar-refractivity contribution in [3.05, 3.63) is 0 Å². The molecule has 2 saturated heterocycles. The molecule has 18 heavy (non-hydrogen) atoms. The molecule has 0 saturated carbocycles. The number of thioether (sulfide) groups is 1. The molecule has 3 amide bonds. The molecule has 0 bridgehead atoms. The number of carbonyl (C=O) groups is 2. The Morgan fingerprint density at radius 2 is 2.28 bits per heavy atom. The SMILES string of the molecule is CCSCCCN1C(=O)NC2(CCCNC2)C1=O. The second-order valence-electron chi connectivity index (χ2n) is 4.80. The van der Waals surface area contributed by atoms with Gasteiger partial charge in [-0.25, -0.2) is 4.79 Å². The molecular weight excluding hydrogens is 250 g/mol. The van der Waals surface area contributed by atoms with E-state index < -0.39 is 5.54 Å². The van der Waals surface area contributed by atoms with E-state index >= 15 is 0 Å². The van der Waals surface area contributed by atoms with E-state index in [0.717, 1.165) is 37.3 Å². The second-order valence-corrected chi connectivity index (χ2v) is 6.19. The maximum atomic E-state index is 12.4. The largest absolute Gasteiger partial charge is 0.325 e. The van der Waals surface area contributed by atoms with Crippen molar-refractivity contribution < 1.29 is 9.59 Å². The molecule has 2 rings (SSSR count). The van der Waals surface area contributed by atoms with Crippen LogP contribution in [0.25, 0.3) is 0 Å². The predicted octanol–water partition coefficient (Wildman–Crippen LogP) is 0.804. The Balaban J connectivity index is 1.92. The topological polar surface area (TPSA) is 61.4 Å². The number of nitrogens with one attached hydrogen (secondary N) is 2. The highest BCUT2D eigenvalue weighted by Gasteiger charge is 2.51. The minimum Gasteiger partial charge on any atom is -0.322 e. The lowest BCUT2D eigenvalue weighted by atomic mass is 9.90. The van der Waals surface area contributed by atoms with Crippen LogP contribution in [0.5, 0.6) is 0 Å². The Bertz CT molecular complexity index is 329. The average molecular weight is 271 g/mol. The van der Waals surface area contributed by atoms with Crippen LogP contribution < -0.4 is 10.6 Å². The summed E-state index contributed by atoms with van der Waals surface area (Å²) in [6.07, 6.45) is 2.57. The number of piperidine rings is 1. The van der Waals surface area contributed by atoms with Crippen molar-refractivity contribution in [2.75, 3.05) is 31.1 Å². The van der Waals surface area contributed by atoms with Crippen LogP contribution >= 0.6 is 11.8 Å². The molecule has 102 valence electrons. The average Bonchev–Trinajstić information content (AvgIpc) is 2.59. The molecule has 5 nitrogen and oxygen atoms in total. The quantitative estimate of drug-likeness (QED) is 0.574. The number of nitrogens with zero attached hydrogens (tertiary/aromatic N) is 1. The molecule has 0 aromatic carbocycles. The van der Waals surface area contributed by atoms with Crippen molar-refractivity contribution in [1.82, 2.24) is 15.5 Å².